The molecular formula is C26H43NO3. The Kier molecular flexibility index (Phi) is 6.11. The van der Waals surface area contributed by atoms with E-state index in [9.17, 15) is 9.59 Å². The fourth-order valence-corrected chi connectivity index (χ4v) is 8.51. The summed E-state index contributed by atoms with van der Waals surface area (Å²) in [5.41, 5.74) is 0.300. The highest BCUT2D eigenvalue weighted by Gasteiger charge is 2.64. The predicted octanol–water partition coefficient (Wildman–Crippen LogP) is 5.00. The fraction of sp³-hybridized carbons (Fsp3) is 0.923. The monoisotopic (exact) mass is 417 g/mol. The van der Waals surface area contributed by atoms with E-state index in [4.69, 9.17) is 4.74 Å². The second-order valence-corrected chi connectivity index (χ2v) is 11.9. The van der Waals surface area contributed by atoms with Crippen molar-refractivity contribution < 1.29 is 14.3 Å². The van der Waals surface area contributed by atoms with Gasteiger partial charge in [0.25, 0.3) is 0 Å². The van der Waals surface area contributed by atoms with Gasteiger partial charge in [-0.05, 0) is 91.9 Å². The van der Waals surface area contributed by atoms with Crippen molar-refractivity contribution in [2.45, 2.75) is 91.5 Å². The summed E-state index contributed by atoms with van der Waals surface area (Å²) in [6.07, 6.45) is 9.45. The largest absolute Gasteiger partial charge is 0.469 e. The van der Waals surface area contributed by atoms with Crippen molar-refractivity contribution in [3.05, 3.63) is 0 Å². The smallest absolute Gasteiger partial charge is 0.309 e. The molecule has 0 aliphatic heterocycles. The van der Waals surface area contributed by atoms with Gasteiger partial charge in [-0.1, -0.05) is 27.7 Å². The lowest BCUT2D eigenvalue weighted by Gasteiger charge is -2.62. The van der Waals surface area contributed by atoms with Crippen LogP contribution in [0.4, 0.5) is 0 Å². The Morgan fingerprint density at radius 1 is 1.17 bits per heavy atom. The maximum Gasteiger partial charge on any atom is 0.309 e. The molecule has 0 radical (unpaired) electrons. The Bertz CT molecular complexity index is 675. The summed E-state index contributed by atoms with van der Waals surface area (Å²) in [5, 5.41) is 4.00. The normalized spacial score (nSPS) is 45.6. The minimum atomic E-state index is 0.00235. The van der Waals surface area contributed by atoms with Gasteiger partial charge < -0.3 is 10.1 Å². The molecule has 30 heavy (non-hydrogen) atoms. The number of Topliss-reactive ketones (excluding diaryl/α,β-unsaturated/α-hetero) is 1. The number of nitrogens with one attached hydrogen (secondary N) is 1. The van der Waals surface area contributed by atoms with Crippen LogP contribution in [-0.4, -0.2) is 31.4 Å². The lowest BCUT2D eigenvalue weighted by molar-refractivity contribution is -0.161. The molecule has 4 nitrogen and oxygen atoms in total. The summed E-state index contributed by atoms with van der Waals surface area (Å²) in [7, 11) is 1.55. The molecular weight excluding hydrogens is 374 g/mol. The molecule has 0 aromatic rings. The van der Waals surface area contributed by atoms with Gasteiger partial charge in [-0.2, -0.15) is 0 Å². The van der Waals surface area contributed by atoms with Crippen LogP contribution in [0.25, 0.3) is 0 Å². The van der Waals surface area contributed by atoms with Gasteiger partial charge in [-0.15, -0.1) is 0 Å². The minimum Gasteiger partial charge on any atom is -0.469 e. The standard InChI is InChI=1S/C26H43NO3/c1-16(2)11-13-27-22-15-26(4)20(8-9-21(26)24(29)30-5)19-7-6-17-14-18(28)10-12-25(17,3)23(19)22/h16-17,19-23,27H,6-15H2,1-5H3/t17-,19+,20+,21-,22-,23-,25+,26+/m1/s1. The van der Waals surface area contributed by atoms with E-state index < -0.39 is 0 Å². The molecule has 4 fully saturated rings. The Morgan fingerprint density at radius 2 is 1.93 bits per heavy atom. The molecule has 8 atom stereocenters. The fourth-order valence-electron chi connectivity index (χ4n) is 8.51. The van der Waals surface area contributed by atoms with Crippen molar-refractivity contribution in [3.8, 4) is 0 Å². The molecule has 0 amide bonds. The highest BCUT2D eigenvalue weighted by Crippen LogP contribution is 2.67. The summed E-state index contributed by atoms with van der Waals surface area (Å²) in [4.78, 5) is 25.0. The number of fused-ring (bicyclic) bond motifs is 5. The number of hydrogen-bond acceptors (Lipinski definition) is 4. The first kappa shape index (κ1) is 22.3. The third-order valence-electron chi connectivity index (χ3n) is 10.1. The first-order chi connectivity index (χ1) is 14.2. The van der Waals surface area contributed by atoms with Crippen LogP contribution in [-0.2, 0) is 14.3 Å². The Morgan fingerprint density at radius 3 is 2.63 bits per heavy atom. The van der Waals surface area contributed by atoms with Crippen LogP contribution in [0.3, 0.4) is 0 Å². The van der Waals surface area contributed by atoms with Crippen LogP contribution in [0.1, 0.15) is 85.5 Å². The van der Waals surface area contributed by atoms with E-state index in [0.29, 0.717) is 41.4 Å². The molecule has 4 rings (SSSR count). The number of carbonyl (C=O) groups is 2. The van der Waals surface area contributed by atoms with E-state index in [0.717, 1.165) is 45.1 Å². The third kappa shape index (κ3) is 3.55. The molecule has 4 saturated carbocycles. The molecule has 170 valence electrons. The molecule has 4 heteroatoms. The van der Waals surface area contributed by atoms with Crippen molar-refractivity contribution >= 4 is 11.8 Å². The molecule has 0 aromatic carbocycles. The van der Waals surface area contributed by atoms with Crippen LogP contribution in [0.15, 0.2) is 0 Å². The molecule has 0 aromatic heterocycles. The Balaban J connectivity index is 1.66. The van der Waals surface area contributed by atoms with E-state index in [1.54, 1.807) is 7.11 Å². The van der Waals surface area contributed by atoms with E-state index in [1.807, 2.05) is 0 Å². The van der Waals surface area contributed by atoms with E-state index in [2.05, 4.69) is 33.0 Å². The van der Waals surface area contributed by atoms with Crippen LogP contribution >= 0.6 is 0 Å². The molecule has 4 aliphatic rings. The number of methoxy groups -OCH3 is 1. The summed E-state index contributed by atoms with van der Waals surface area (Å²) in [6.45, 7) is 10.5. The average molecular weight is 418 g/mol. The Hall–Kier alpha value is -0.900. The number of esters is 1. The average Bonchev–Trinajstić information content (AvgIpc) is 3.04. The quantitative estimate of drug-likeness (QED) is 0.640. The number of ketones is 1. The van der Waals surface area contributed by atoms with Crippen molar-refractivity contribution in [2.24, 2.45) is 46.3 Å². The molecule has 0 saturated heterocycles. The highest BCUT2D eigenvalue weighted by molar-refractivity contribution is 5.79. The summed E-state index contributed by atoms with van der Waals surface area (Å²) in [5.74, 6) is 3.69. The van der Waals surface area contributed by atoms with Gasteiger partial charge in [-0.25, -0.2) is 0 Å². The van der Waals surface area contributed by atoms with Crippen molar-refractivity contribution in [1.29, 1.82) is 0 Å². The lowest BCUT2D eigenvalue weighted by atomic mass is 9.43. The second-order valence-electron chi connectivity index (χ2n) is 11.9. The zero-order valence-electron chi connectivity index (χ0n) is 19.8. The van der Waals surface area contributed by atoms with E-state index in [1.165, 1.54) is 19.3 Å². The summed E-state index contributed by atoms with van der Waals surface area (Å²) in [6, 6.07) is 0.446. The van der Waals surface area contributed by atoms with Gasteiger partial charge in [0.05, 0.1) is 13.0 Å². The highest BCUT2D eigenvalue weighted by atomic mass is 16.5. The first-order valence-corrected chi connectivity index (χ1v) is 12.5. The molecule has 0 bridgehead atoms. The molecule has 0 spiro atoms. The number of carbonyl (C=O) groups excluding carboxylic acids is 2. The second kappa shape index (κ2) is 8.22. The molecule has 0 unspecified atom stereocenters. The predicted molar refractivity (Wildman–Crippen MR) is 119 cm³/mol. The SMILES string of the molecule is COC(=O)[C@H]1CC[C@H]2[C@@H]3CC[C@@H]4CC(=O)CC[C@]4(C)[C@H]3[C@H](NCCC(C)C)C[C@]12C. The van der Waals surface area contributed by atoms with Gasteiger partial charge in [0.1, 0.15) is 5.78 Å². The van der Waals surface area contributed by atoms with Crippen LogP contribution < -0.4 is 5.32 Å². The van der Waals surface area contributed by atoms with Gasteiger partial charge >= 0.3 is 5.97 Å². The maximum atomic E-state index is 12.7. The molecule has 4 aliphatic carbocycles. The van der Waals surface area contributed by atoms with Gasteiger partial charge in [0, 0.05) is 18.9 Å². The number of hydrogen-bond donors (Lipinski definition) is 1. The maximum absolute atomic E-state index is 12.7. The van der Waals surface area contributed by atoms with Gasteiger partial charge in [0.15, 0.2) is 0 Å². The van der Waals surface area contributed by atoms with Crippen LogP contribution in [0.2, 0.25) is 0 Å². The topological polar surface area (TPSA) is 55.4 Å². The summed E-state index contributed by atoms with van der Waals surface area (Å²) >= 11 is 0. The number of rotatable bonds is 5. The van der Waals surface area contributed by atoms with E-state index in [-0.39, 0.29) is 22.7 Å². The Labute approximate surface area is 183 Å². The lowest BCUT2D eigenvalue weighted by Crippen LogP contribution is -2.62. The van der Waals surface area contributed by atoms with Gasteiger partial charge in [0.2, 0.25) is 0 Å². The first-order valence-electron chi connectivity index (χ1n) is 12.5. The van der Waals surface area contributed by atoms with Crippen LogP contribution in [0.5, 0.6) is 0 Å². The van der Waals surface area contributed by atoms with Crippen molar-refractivity contribution in [3.63, 3.8) is 0 Å². The third-order valence-corrected chi connectivity index (χ3v) is 10.1. The van der Waals surface area contributed by atoms with Crippen molar-refractivity contribution in [2.75, 3.05) is 13.7 Å². The molecule has 1 N–H and O–H groups in total. The number of ether oxygens (including phenoxy) is 1. The zero-order chi connectivity index (χ0) is 21.7. The van der Waals surface area contributed by atoms with Crippen LogP contribution in [0, 0.1) is 46.3 Å². The summed E-state index contributed by atoms with van der Waals surface area (Å²) < 4.78 is 5.25. The molecule has 0 heterocycles. The van der Waals surface area contributed by atoms with E-state index >= 15 is 0 Å². The zero-order valence-corrected chi connectivity index (χ0v) is 19.8. The van der Waals surface area contributed by atoms with Crippen molar-refractivity contribution in [1.82, 2.24) is 5.32 Å². The minimum absolute atomic E-state index is 0.00235. The van der Waals surface area contributed by atoms with Gasteiger partial charge in [-0.3, -0.25) is 9.59 Å².